The molecule has 3 nitrogen and oxygen atoms in total. The third-order valence-corrected chi connectivity index (χ3v) is 3.55. The summed E-state index contributed by atoms with van der Waals surface area (Å²) in [6.45, 7) is 3.72. The van der Waals surface area contributed by atoms with Crippen LogP contribution in [0.1, 0.15) is 19.4 Å². The summed E-state index contributed by atoms with van der Waals surface area (Å²) < 4.78 is 4.84. The van der Waals surface area contributed by atoms with Crippen LogP contribution in [-0.4, -0.2) is 13.1 Å². The maximum absolute atomic E-state index is 11.8. The predicted molar refractivity (Wildman–Crippen MR) is 81.3 cm³/mol. The summed E-state index contributed by atoms with van der Waals surface area (Å²) in [6, 6.07) is 15.6. The van der Waals surface area contributed by atoms with Crippen molar-refractivity contribution in [2.24, 2.45) is 0 Å². The lowest BCUT2D eigenvalue weighted by atomic mass is 9.84. The van der Waals surface area contributed by atoms with Gasteiger partial charge in [-0.2, -0.15) is 0 Å². The Morgan fingerprint density at radius 2 is 1.40 bits per heavy atom. The van der Waals surface area contributed by atoms with Gasteiger partial charge in [0.1, 0.15) is 0 Å². The van der Waals surface area contributed by atoms with E-state index >= 15 is 0 Å². The van der Waals surface area contributed by atoms with Crippen LogP contribution in [0.15, 0.2) is 48.5 Å². The van der Waals surface area contributed by atoms with E-state index in [1.807, 2.05) is 62.4 Å². The standard InChI is InChI=1S/C17H19NO2/c1-17(2,16(19)20-3)14-8-4-12(5-9-14)13-6-10-15(18)11-7-13/h4-11H,18H2,1-3H3. The zero-order valence-corrected chi connectivity index (χ0v) is 12.0. The van der Waals surface area contributed by atoms with Crippen LogP contribution in [0.3, 0.4) is 0 Å². The molecule has 0 atom stereocenters. The van der Waals surface area contributed by atoms with Crippen molar-refractivity contribution in [1.29, 1.82) is 0 Å². The van der Waals surface area contributed by atoms with Crippen molar-refractivity contribution in [3.8, 4) is 11.1 Å². The molecular weight excluding hydrogens is 250 g/mol. The Labute approximate surface area is 119 Å². The third-order valence-electron chi connectivity index (χ3n) is 3.55. The highest BCUT2D eigenvalue weighted by Crippen LogP contribution is 2.28. The number of carbonyl (C=O) groups excluding carboxylic acids is 1. The van der Waals surface area contributed by atoms with Gasteiger partial charge in [-0.05, 0) is 42.7 Å². The summed E-state index contributed by atoms with van der Waals surface area (Å²) >= 11 is 0. The number of carbonyl (C=O) groups is 1. The minimum Gasteiger partial charge on any atom is -0.468 e. The van der Waals surface area contributed by atoms with Gasteiger partial charge in [0.2, 0.25) is 0 Å². The second-order valence-corrected chi connectivity index (χ2v) is 5.32. The molecule has 3 heteroatoms. The second-order valence-electron chi connectivity index (χ2n) is 5.32. The molecule has 0 saturated carbocycles. The van der Waals surface area contributed by atoms with Gasteiger partial charge in [-0.25, -0.2) is 0 Å². The molecule has 0 saturated heterocycles. The maximum Gasteiger partial charge on any atom is 0.315 e. The molecule has 0 amide bonds. The normalized spacial score (nSPS) is 11.2. The molecule has 0 aliphatic carbocycles. The van der Waals surface area contributed by atoms with Gasteiger partial charge in [0.05, 0.1) is 12.5 Å². The lowest BCUT2D eigenvalue weighted by molar-refractivity contribution is -0.146. The van der Waals surface area contributed by atoms with Crippen LogP contribution in [0, 0.1) is 0 Å². The van der Waals surface area contributed by atoms with E-state index in [9.17, 15) is 4.79 Å². The molecule has 0 aromatic heterocycles. The molecule has 0 unspecified atom stereocenters. The van der Waals surface area contributed by atoms with Crippen molar-refractivity contribution in [1.82, 2.24) is 0 Å². The van der Waals surface area contributed by atoms with Gasteiger partial charge in [-0.3, -0.25) is 4.79 Å². The molecule has 0 aliphatic heterocycles. The Bertz CT molecular complexity index is 598. The molecule has 104 valence electrons. The molecule has 2 N–H and O–H groups in total. The Morgan fingerprint density at radius 3 is 1.85 bits per heavy atom. The van der Waals surface area contributed by atoms with Gasteiger partial charge >= 0.3 is 5.97 Å². The quantitative estimate of drug-likeness (QED) is 0.686. The van der Waals surface area contributed by atoms with Crippen LogP contribution in [0.25, 0.3) is 11.1 Å². The maximum atomic E-state index is 11.8. The van der Waals surface area contributed by atoms with Crippen molar-refractivity contribution < 1.29 is 9.53 Å². The number of anilines is 1. The molecule has 0 bridgehead atoms. The second kappa shape index (κ2) is 5.37. The number of hydrogen-bond acceptors (Lipinski definition) is 3. The Kier molecular flexibility index (Phi) is 3.79. The summed E-state index contributed by atoms with van der Waals surface area (Å²) in [6.07, 6.45) is 0. The highest BCUT2D eigenvalue weighted by atomic mass is 16.5. The first-order chi connectivity index (χ1) is 9.45. The number of esters is 1. The van der Waals surface area contributed by atoms with Gasteiger partial charge in [-0.15, -0.1) is 0 Å². The molecule has 0 radical (unpaired) electrons. The van der Waals surface area contributed by atoms with Crippen LogP contribution in [-0.2, 0) is 14.9 Å². The van der Waals surface area contributed by atoms with E-state index in [0.717, 1.165) is 22.4 Å². The van der Waals surface area contributed by atoms with Crippen LogP contribution in [0.5, 0.6) is 0 Å². The highest BCUT2D eigenvalue weighted by Gasteiger charge is 2.30. The van der Waals surface area contributed by atoms with Crippen LogP contribution in [0.4, 0.5) is 5.69 Å². The lowest BCUT2D eigenvalue weighted by Gasteiger charge is -2.22. The number of benzene rings is 2. The Hall–Kier alpha value is -2.29. The predicted octanol–water partition coefficient (Wildman–Crippen LogP) is 3.39. The van der Waals surface area contributed by atoms with E-state index < -0.39 is 5.41 Å². The van der Waals surface area contributed by atoms with Gasteiger partial charge in [0.15, 0.2) is 0 Å². The van der Waals surface area contributed by atoms with Crippen LogP contribution < -0.4 is 5.73 Å². The van der Waals surface area contributed by atoms with E-state index in [-0.39, 0.29) is 5.97 Å². The molecule has 0 fully saturated rings. The monoisotopic (exact) mass is 269 g/mol. The zero-order valence-electron chi connectivity index (χ0n) is 12.0. The number of rotatable bonds is 3. The first-order valence-electron chi connectivity index (χ1n) is 6.50. The fourth-order valence-electron chi connectivity index (χ4n) is 2.13. The minimum absolute atomic E-state index is 0.238. The van der Waals surface area contributed by atoms with E-state index in [0.29, 0.717) is 0 Å². The molecule has 2 rings (SSSR count). The molecule has 0 aliphatic rings. The average Bonchev–Trinajstić information content (AvgIpc) is 2.47. The van der Waals surface area contributed by atoms with Gasteiger partial charge in [0.25, 0.3) is 0 Å². The Morgan fingerprint density at radius 1 is 0.950 bits per heavy atom. The molecular formula is C17H19NO2. The van der Waals surface area contributed by atoms with Crippen LogP contribution in [0.2, 0.25) is 0 Å². The van der Waals surface area contributed by atoms with E-state index in [4.69, 9.17) is 10.5 Å². The molecule has 2 aromatic carbocycles. The molecule has 0 spiro atoms. The summed E-state index contributed by atoms with van der Waals surface area (Å²) in [5.41, 5.74) is 8.91. The van der Waals surface area contributed by atoms with E-state index in [2.05, 4.69) is 0 Å². The van der Waals surface area contributed by atoms with Crippen molar-refractivity contribution in [2.75, 3.05) is 12.8 Å². The SMILES string of the molecule is COC(=O)C(C)(C)c1ccc(-c2ccc(N)cc2)cc1. The summed E-state index contributed by atoms with van der Waals surface area (Å²) in [7, 11) is 1.41. The van der Waals surface area contributed by atoms with Crippen molar-refractivity contribution >= 4 is 11.7 Å². The van der Waals surface area contributed by atoms with Crippen molar-refractivity contribution in [3.05, 3.63) is 54.1 Å². The summed E-state index contributed by atoms with van der Waals surface area (Å²) in [5, 5.41) is 0. The Balaban J connectivity index is 2.31. The van der Waals surface area contributed by atoms with Crippen molar-refractivity contribution in [3.63, 3.8) is 0 Å². The number of hydrogen-bond donors (Lipinski definition) is 1. The topological polar surface area (TPSA) is 52.3 Å². The average molecular weight is 269 g/mol. The largest absolute Gasteiger partial charge is 0.468 e. The van der Waals surface area contributed by atoms with E-state index in [1.165, 1.54) is 7.11 Å². The first kappa shape index (κ1) is 14.1. The molecule has 2 aromatic rings. The fourth-order valence-corrected chi connectivity index (χ4v) is 2.13. The third kappa shape index (κ3) is 2.67. The summed E-state index contributed by atoms with van der Waals surface area (Å²) in [5.74, 6) is -0.238. The number of ether oxygens (including phenoxy) is 1. The lowest BCUT2D eigenvalue weighted by Crippen LogP contribution is -2.30. The molecule has 0 heterocycles. The molecule has 20 heavy (non-hydrogen) atoms. The smallest absolute Gasteiger partial charge is 0.315 e. The zero-order chi connectivity index (χ0) is 14.8. The first-order valence-corrected chi connectivity index (χ1v) is 6.50. The van der Waals surface area contributed by atoms with Gasteiger partial charge in [-0.1, -0.05) is 36.4 Å². The fraction of sp³-hybridized carbons (Fsp3) is 0.235. The minimum atomic E-state index is -0.644. The number of nitrogens with two attached hydrogens (primary N) is 1. The van der Waals surface area contributed by atoms with Crippen molar-refractivity contribution in [2.45, 2.75) is 19.3 Å². The van der Waals surface area contributed by atoms with Gasteiger partial charge < -0.3 is 10.5 Å². The van der Waals surface area contributed by atoms with E-state index in [1.54, 1.807) is 0 Å². The van der Waals surface area contributed by atoms with Gasteiger partial charge in [0, 0.05) is 5.69 Å². The summed E-state index contributed by atoms with van der Waals surface area (Å²) in [4.78, 5) is 11.8. The number of methoxy groups -OCH3 is 1. The van der Waals surface area contributed by atoms with Crippen LogP contribution >= 0.6 is 0 Å². The highest BCUT2D eigenvalue weighted by molar-refractivity contribution is 5.82. The number of nitrogen functional groups attached to an aromatic ring is 1.